The van der Waals surface area contributed by atoms with Crippen LogP contribution in [-0.4, -0.2) is 26.4 Å². The molecule has 7 heteroatoms. The number of benzene rings is 1. The summed E-state index contributed by atoms with van der Waals surface area (Å²) in [4.78, 5) is 9.74. The largest absolute Gasteiger partial charge is 0.373 e. The summed E-state index contributed by atoms with van der Waals surface area (Å²) in [6, 6.07) is 9.46. The van der Waals surface area contributed by atoms with Gasteiger partial charge in [-0.25, -0.2) is 14.4 Å². The number of hydrogen-bond donors (Lipinski definition) is 0. The van der Waals surface area contributed by atoms with Gasteiger partial charge >= 0.3 is 0 Å². The molecule has 2 aliphatic rings. The van der Waals surface area contributed by atoms with E-state index in [4.69, 9.17) is 26.3 Å². The van der Waals surface area contributed by atoms with Gasteiger partial charge in [0.25, 0.3) is 0 Å². The van der Waals surface area contributed by atoms with Gasteiger partial charge < -0.3 is 4.74 Å². The van der Waals surface area contributed by atoms with E-state index in [1.807, 2.05) is 26.1 Å². The monoisotopic (exact) mass is 476 g/mol. The zero-order chi connectivity index (χ0) is 23.4. The van der Waals surface area contributed by atoms with Gasteiger partial charge in [0, 0.05) is 51.6 Å². The molecule has 4 heterocycles. The molecule has 1 saturated carbocycles. The average Bonchev–Trinajstić information content (AvgIpc) is 3.56. The fourth-order valence-electron chi connectivity index (χ4n) is 4.85. The number of ether oxygens (including phenoxy) is 1. The molecule has 4 aromatic rings. The summed E-state index contributed by atoms with van der Waals surface area (Å²) < 4.78 is 23.2. The van der Waals surface area contributed by atoms with E-state index in [0.29, 0.717) is 28.9 Å². The number of hydrogen-bond acceptors (Lipinski definition) is 4. The Hall–Kier alpha value is -2.83. The van der Waals surface area contributed by atoms with Gasteiger partial charge in [-0.2, -0.15) is 5.10 Å². The van der Waals surface area contributed by atoms with Crippen LogP contribution in [0.5, 0.6) is 0 Å². The highest BCUT2D eigenvalue weighted by Gasteiger charge is 2.30. The Bertz CT molecular complexity index is 1400. The van der Waals surface area contributed by atoms with E-state index in [-0.39, 0.29) is 17.8 Å². The summed E-state index contributed by atoms with van der Waals surface area (Å²) >= 11 is 6.04. The Labute approximate surface area is 202 Å². The van der Waals surface area contributed by atoms with Crippen molar-refractivity contribution >= 4 is 22.6 Å². The molecule has 0 bridgehead atoms. The Balaban J connectivity index is 1.41. The fourth-order valence-corrected chi connectivity index (χ4v) is 5.01. The topological polar surface area (TPSA) is 52.8 Å². The number of pyridine rings is 2. The number of rotatable bonds is 4. The van der Waals surface area contributed by atoms with Crippen molar-refractivity contribution in [2.45, 2.75) is 57.6 Å². The Kier molecular flexibility index (Phi) is 5.38. The van der Waals surface area contributed by atoms with E-state index in [1.165, 1.54) is 18.9 Å². The van der Waals surface area contributed by atoms with Crippen molar-refractivity contribution in [3.8, 4) is 11.1 Å². The summed E-state index contributed by atoms with van der Waals surface area (Å²) in [7, 11) is 0. The molecule has 1 aliphatic heterocycles. The number of aromatic nitrogens is 4. The van der Waals surface area contributed by atoms with Gasteiger partial charge in [-0.05, 0) is 81.0 Å². The van der Waals surface area contributed by atoms with Crippen LogP contribution in [0.3, 0.4) is 0 Å². The van der Waals surface area contributed by atoms with E-state index < -0.39 is 0 Å². The maximum atomic E-state index is 15.0. The smallest absolute Gasteiger partial charge is 0.160 e. The molecule has 5 nitrogen and oxygen atoms in total. The predicted molar refractivity (Wildman–Crippen MR) is 131 cm³/mol. The maximum Gasteiger partial charge on any atom is 0.160 e. The second-order valence-electron chi connectivity index (χ2n) is 9.55. The first-order valence-corrected chi connectivity index (χ1v) is 12.2. The Morgan fingerprint density at radius 3 is 2.71 bits per heavy atom. The van der Waals surface area contributed by atoms with Crippen LogP contribution in [0.4, 0.5) is 4.39 Å². The van der Waals surface area contributed by atoms with Crippen molar-refractivity contribution < 1.29 is 9.13 Å². The standard InChI is InChI=1S/C27H26ClFN4O/c1-15-9-23-22(21-6-3-19(28)11-24(21)29)12-25(32-27(23)31-16(15)2)17-7-8-34-26(10-17)18-13-30-33(14-18)20-4-5-20/h3,6,9,11-14,17,20,26H,4-5,7-8,10H2,1-2H3/t17-,26-/m0/s1. The molecule has 0 spiro atoms. The fraction of sp³-hybridized carbons (Fsp3) is 0.370. The highest BCUT2D eigenvalue weighted by molar-refractivity contribution is 6.30. The summed E-state index contributed by atoms with van der Waals surface area (Å²) in [5.41, 5.74) is 5.98. The second-order valence-corrected chi connectivity index (χ2v) is 9.98. The molecule has 3 aromatic heterocycles. The number of aryl methyl sites for hydroxylation is 2. The molecule has 0 N–H and O–H groups in total. The summed E-state index contributed by atoms with van der Waals surface area (Å²) in [6.45, 7) is 4.64. The molecular weight excluding hydrogens is 451 g/mol. The molecule has 1 aliphatic carbocycles. The number of nitrogens with zero attached hydrogens (tertiary/aromatic N) is 4. The number of fused-ring (bicyclic) bond motifs is 1. The molecule has 2 atom stereocenters. The van der Waals surface area contributed by atoms with Gasteiger partial charge in [-0.3, -0.25) is 4.68 Å². The molecule has 1 saturated heterocycles. The van der Waals surface area contributed by atoms with Gasteiger partial charge in [0.1, 0.15) is 5.82 Å². The van der Waals surface area contributed by atoms with Crippen LogP contribution >= 0.6 is 11.6 Å². The second kappa shape index (κ2) is 8.43. The van der Waals surface area contributed by atoms with Crippen LogP contribution < -0.4 is 0 Å². The highest BCUT2D eigenvalue weighted by atomic mass is 35.5. The lowest BCUT2D eigenvalue weighted by molar-refractivity contribution is 0.00464. The Morgan fingerprint density at radius 1 is 1.06 bits per heavy atom. The van der Waals surface area contributed by atoms with Gasteiger partial charge in [0.2, 0.25) is 0 Å². The van der Waals surface area contributed by atoms with Crippen molar-refractivity contribution in [2.75, 3.05) is 6.61 Å². The van der Waals surface area contributed by atoms with Crippen molar-refractivity contribution in [3.63, 3.8) is 0 Å². The van der Waals surface area contributed by atoms with E-state index in [9.17, 15) is 0 Å². The van der Waals surface area contributed by atoms with E-state index >= 15 is 4.39 Å². The molecule has 1 aromatic carbocycles. The lowest BCUT2D eigenvalue weighted by Crippen LogP contribution is -2.19. The normalized spacial score (nSPS) is 20.7. The molecule has 0 radical (unpaired) electrons. The predicted octanol–water partition coefficient (Wildman–Crippen LogP) is 6.87. The van der Waals surface area contributed by atoms with Crippen molar-refractivity contribution in [2.24, 2.45) is 0 Å². The average molecular weight is 477 g/mol. The quantitative estimate of drug-likeness (QED) is 0.322. The highest BCUT2D eigenvalue weighted by Crippen LogP contribution is 2.41. The molecule has 34 heavy (non-hydrogen) atoms. The lowest BCUT2D eigenvalue weighted by Gasteiger charge is -2.29. The van der Waals surface area contributed by atoms with Crippen LogP contribution in [0, 0.1) is 19.7 Å². The minimum Gasteiger partial charge on any atom is -0.373 e. The van der Waals surface area contributed by atoms with Crippen LogP contribution in [0.2, 0.25) is 5.02 Å². The molecule has 2 fully saturated rings. The van der Waals surface area contributed by atoms with Crippen molar-refractivity contribution in [1.29, 1.82) is 0 Å². The number of halogens is 2. The van der Waals surface area contributed by atoms with Gasteiger partial charge in [0.15, 0.2) is 5.65 Å². The first-order chi connectivity index (χ1) is 16.5. The minimum atomic E-state index is -0.346. The third-order valence-electron chi connectivity index (χ3n) is 7.10. The molecule has 0 amide bonds. The maximum absolute atomic E-state index is 15.0. The zero-order valence-electron chi connectivity index (χ0n) is 19.3. The van der Waals surface area contributed by atoms with E-state index in [2.05, 4.69) is 22.0 Å². The SMILES string of the molecule is Cc1cc2c(-c3ccc(Cl)cc3F)cc([C@H]3CCO[C@H](c4cnn(C5CC5)c4)C3)nc2nc1C. The first kappa shape index (κ1) is 21.7. The van der Waals surface area contributed by atoms with Gasteiger partial charge in [-0.1, -0.05) is 11.6 Å². The van der Waals surface area contributed by atoms with E-state index in [1.54, 1.807) is 12.1 Å². The first-order valence-electron chi connectivity index (χ1n) is 11.9. The van der Waals surface area contributed by atoms with Crippen molar-refractivity contribution in [3.05, 3.63) is 76.1 Å². The molecule has 0 unspecified atom stereocenters. The minimum absolute atomic E-state index is 0.0211. The van der Waals surface area contributed by atoms with Gasteiger partial charge in [0.05, 0.1) is 18.3 Å². The van der Waals surface area contributed by atoms with Crippen molar-refractivity contribution in [1.82, 2.24) is 19.7 Å². The Morgan fingerprint density at radius 2 is 1.91 bits per heavy atom. The third-order valence-corrected chi connectivity index (χ3v) is 7.34. The summed E-state index contributed by atoms with van der Waals surface area (Å²) in [5, 5.41) is 5.77. The van der Waals surface area contributed by atoms with Crippen LogP contribution in [0.25, 0.3) is 22.2 Å². The van der Waals surface area contributed by atoms with Gasteiger partial charge in [-0.15, -0.1) is 0 Å². The summed E-state index contributed by atoms with van der Waals surface area (Å²) in [6.07, 6.45) is 8.11. The molecule has 6 rings (SSSR count). The lowest BCUT2D eigenvalue weighted by atomic mass is 9.88. The van der Waals surface area contributed by atoms with Crippen LogP contribution in [0.1, 0.15) is 66.3 Å². The van der Waals surface area contributed by atoms with E-state index in [0.717, 1.165) is 46.3 Å². The third kappa shape index (κ3) is 3.99. The van der Waals surface area contributed by atoms with Crippen LogP contribution in [0.15, 0.2) is 42.7 Å². The zero-order valence-corrected chi connectivity index (χ0v) is 20.0. The van der Waals surface area contributed by atoms with Crippen LogP contribution in [-0.2, 0) is 4.74 Å². The molecular formula is C27H26ClFN4O. The summed E-state index contributed by atoms with van der Waals surface area (Å²) in [5.74, 6) is -0.161. The molecule has 174 valence electrons.